The van der Waals surface area contributed by atoms with Crippen LogP contribution in [-0.4, -0.2) is 63.0 Å². The van der Waals surface area contributed by atoms with Crippen LogP contribution in [0.4, 0.5) is 0 Å². The Labute approximate surface area is 128 Å². The second-order valence-corrected chi connectivity index (χ2v) is 6.23. The monoisotopic (exact) mass is 289 g/mol. The summed E-state index contributed by atoms with van der Waals surface area (Å²) in [6.45, 7) is 3.48. The molecule has 0 aromatic heterocycles. The summed E-state index contributed by atoms with van der Waals surface area (Å²) in [5, 5.41) is 3.37. The summed E-state index contributed by atoms with van der Waals surface area (Å²) in [4.78, 5) is 17.1. The molecule has 1 aromatic carbocycles. The molecular formula is C17H27N3O. The highest BCUT2D eigenvalue weighted by molar-refractivity contribution is 5.88. The van der Waals surface area contributed by atoms with Gasteiger partial charge in [0.1, 0.15) is 0 Å². The van der Waals surface area contributed by atoms with Crippen molar-refractivity contribution in [1.82, 2.24) is 15.1 Å². The van der Waals surface area contributed by atoms with Crippen LogP contribution in [0, 0.1) is 0 Å². The molecule has 4 heteroatoms. The van der Waals surface area contributed by atoms with Crippen LogP contribution in [0.1, 0.15) is 18.4 Å². The molecule has 0 unspecified atom stereocenters. The minimum absolute atomic E-state index is 0.261. The molecule has 1 N–H and O–H groups in total. The van der Waals surface area contributed by atoms with E-state index in [1.807, 2.05) is 44.2 Å². The first-order valence-corrected chi connectivity index (χ1v) is 7.73. The lowest BCUT2D eigenvalue weighted by Gasteiger charge is -2.39. The average Bonchev–Trinajstić information content (AvgIpc) is 2.53. The molecule has 0 bridgehead atoms. The molecule has 0 radical (unpaired) electrons. The molecule has 1 fully saturated rings. The van der Waals surface area contributed by atoms with Gasteiger partial charge in [-0.05, 0) is 45.6 Å². The fraction of sp³-hybridized carbons (Fsp3) is 0.588. The van der Waals surface area contributed by atoms with Crippen molar-refractivity contribution >= 4 is 5.91 Å². The van der Waals surface area contributed by atoms with Crippen molar-refractivity contribution < 1.29 is 4.79 Å². The highest BCUT2D eigenvalue weighted by Crippen LogP contribution is 2.35. The van der Waals surface area contributed by atoms with Crippen LogP contribution in [0.25, 0.3) is 0 Å². The number of carbonyl (C=O) groups excluding carboxylic acids is 1. The van der Waals surface area contributed by atoms with Crippen LogP contribution in [0.15, 0.2) is 30.3 Å². The Morgan fingerprint density at radius 3 is 2.29 bits per heavy atom. The predicted molar refractivity (Wildman–Crippen MR) is 86.4 cm³/mol. The van der Waals surface area contributed by atoms with Crippen molar-refractivity contribution in [2.24, 2.45) is 0 Å². The van der Waals surface area contributed by atoms with Gasteiger partial charge in [0.05, 0.1) is 5.41 Å². The Hall–Kier alpha value is -1.39. The largest absolute Gasteiger partial charge is 0.344 e. The van der Waals surface area contributed by atoms with E-state index in [-0.39, 0.29) is 11.3 Å². The molecule has 2 rings (SSSR count). The molecule has 1 aliphatic rings. The van der Waals surface area contributed by atoms with Crippen molar-refractivity contribution in [3.63, 3.8) is 0 Å². The molecule has 21 heavy (non-hydrogen) atoms. The second kappa shape index (κ2) is 7.05. The van der Waals surface area contributed by atoms with Crippen molar-refractivity contribution in [3.05, 3.63) is 35.9 Å². The molecule has 0 spiro atoms. The highest BCUT2D eigenvalue weighted by atomic mass is 16.2. The number of likely N-dealkylation sites (N-methyl/N-ethyl adjacent to an activating group) is 2. The summed E-state index contributed by atoms with van der Waals surface area (Å²) >= 11 is 0. The molecule has 4 nitrogen and oxygen atoms in total. The summed E-state index contributed by atoms with van der Waals surface area (Å²) in [5.41, 5.74) is 0.807. The van der Waals surface area contributed by atoms with Gasteiger partial charge in [0.2, 0.25) is 5.91 Å². The van der Waals surface area contributed by atoms with Gasteiger partial charge in [0.15, 0.2) is 0 Å². The van der Waals surface area contributed by atoms with Crippen LogP contribution in [0.3, 0.4) is 0 Å². The number of benzene rings is 1. The molecule has 1 aliphatic heterocycles. The van der Waals surface area contributed by atoms with Crippen molar-refractivity contribution in [2.45, 2.75) is 18.3 Å². The van der Waals surface area contributed by atoms with Gasteiger partial charge in [0.25, 0.3) is 0 Å². The third-order valence-corrected chi connectivity index (χ3v) is 4.42. The lowest BCUT2D eigenvalue weighted by molar-refractivity contribution is -0.137. The fourth-order valence-corrected chi connectivity index (χ4v) is 3.05. The van der Waals surface area contributed by atoms with E-state index < -0.39 is 0 Å². The first-order chi connectivity index (χ1) is 10.1. The molecule has 0 aliphatic carbocycles. The van der Waals surface area contributed by atoms with E-state index in [2.05, 4.69) is 22.3 Å². The number of nitrogens with one attached hydrogen (secondary N) is 1. The van der Waals surface area contributed by atoms with Gasteiger partial charge in [-0.2, -0.15) is 0 Å². The molecule has 1 saturated heterocycles. The molecule has 0 atom stereocenters. The highest BCUT2D eigenvalue weighted by Gasteiger charge is 2.42. The number of carbonyl (C=O) groups is 1. The van der Waals surface area contributed by atoms with E-state index in [0.29, 0.717) is 0 Å². The Kier molecular flexibility index (Phi) is 5.37. The topological polar surface area (TPSA) is 35.6 Å². The molecule has 1 heterocycles. The Morgan fingerprint density at radius 2 is 1.71 bits per heavy atom. The maximum absolute atomic E-state index is 13.1. The van der Waals surface area contributed by atoms with Crippen LogP contribution < -0.4 is 5.32 Å². The van der Waals surface area contributed by atoms with E-state index in [4.69, 9.17) is 0 Å². The summed E-state index contributed by atoms with van der Waals surface area (Å²) in [5.74, 6) is 0.261. The van der Waals surface area contributed by atoms with Crippen LogP contribution in [0.5, 0.6) is 0 Å². The first-order valence-electron chi connectivity index (χ1n) is 7.73. The normalized spacial score (nSPS) is 17.7. The molecule has 1 aromatic rings. The SMILES string of the molecule is CN(C)CCN(C)C(=O)C1(c2ccccc2)CCNCC1. The molecule has 1 amide bonds. The van der Waals surface area contributed by atoms with Crippen molar-refractivity contribution in [1.29, 1.82) is 0 Å². The molecule has 116 valence electrons. The zero-order valence-electron chi connectivity index (χ0n) is 13.4. The lowest BCUT2D eigenvalue weighted by Crippen LogP contribution is -2.52. The van der Waals surface area contributed by atoms with Crippen LogP contribution in [-0.2, 0) is 10.2 Å². The minimum Gasteiger partial charge on any atom is -0.344 e. The quantitative estimate of drug-likeness (QED) is 0.888. The van der Waals surface area contributed by atoms with Gasteiger partial charge in [-0.15, -0.1) is 0 Å². The zero-order valence-corrected chi connectivity index (χ0v) is 13.4. The van der Waals surface area contributed by atoms with Crippen molar-refractivity contribution in [2.75, 3.05) is 47.3 Å². The predicted octanol–water partition coefficient (Wildman–Crippen LogP) is 1.33. The fourth-order valence-electron chi connectivity index (χ4n) is 3.05. The van der Waals surface area contributed by atoms with E-state index in [9.17, 15) is 4.79 Å². The third kappa shape index (κ3) is 3.63. The molecular weight excluding hydrogens is 262 g/mol. The van der Waals surface area contributed by atoms with Gasteiger partial charge in [0, 0.05) is 20.1 Å². The van der Waals surface area contributed by atoms with Gasteiger partial charge in [-0.25, -0.2) is 0 Å². The average molecular weight is 289 g/mol. The standard InChI is InChI=1S/C17H27N3O/c1-19(2)13-14-20(3)16(21)17(9-11-18-12-10-17)15-7-5-4-6-8-15/h4-8,18H,9-14H2,1-3H3. The summed E-state index contributed by atoms with van der Waals surface area (Å²) < 4.78 is 0. The van der Waals surface area contributed by atoms with Gasteiger partial charge < -0.3 is 15.1 Å². The van der Waals surface area contributed by atoms with Crippen LogP contribution >= 0.6 is 0 Å². The van der Waals surface area contributed by atoms with E-state index in [1.54, 1.807) is 0 Å². The number of rotatable bonds is 5. The summed E-state index contributed by atoms with van der Waals surface area (Å²) in [7, 11) is 6.00. The minimum atomic E-state index is -0.354. The third-order valence-electron chi connectivity index (χ3n) is 4.42. The van der Waals surface area contributed by atoms with E-state index in [0.717, 1.165) is 44.6 Å². The number of piperidine rings is 1. The number of nitrogens with zero attached hydrogens (tertiary/aromatic N) is 2. The number of amides is 1. The Bertz CT molecular complexity index is 452. The summed E-state index contributed by atoms with van der Waals surface area (Å²) in [6.07, 6.45) is 1.75. The first kappa shape index (κ1) is 16.0. The smallest absolute Gasteiger partial charge is 0.233 e. The van der Waals surface area contributed by atoms with Gasteiger partial charge in [-0.1, -0.05) is 30.3 Å². The molecule has 0 saturated carbocycles. The van der Waals surface area contributed by atoms with Crippen molar-refractivity contribution in [3.8, 4) is 0 Å². The maximum atomic E-state index is 13.1. The number of hydrogen-bond acceptors (Lipinski definition) is 3. The van der Waals surface area contributed by atoms with E-state index in [1.165, 1.54) is 0 Å². The lowest BCUT2D eigenvalue weighted by atomic mass is 9.72. The van der Waals surface area contributed by atoms with Gasteiger partial charge in [-0.3, -0.25) is 4.79 Å². The summed E-state index contributed by atoms with van der Waals surface area (Å²) in [6, 6.07) is 10.3. The number of hydrogen-bond donors (Lipinski definition) is 1. The Morgan fingerprint density at radius 1 is 1.10 bits per heavy atom. The van der Waals surface area contributed by atoms with Gasteiger partial charge >= 0.3 is 0 Å². The maximum Gasteiger partial charge on any atom is 0.233 e. The van der Waals surface area contributed by atoms with E-state index >= 15 is 0 Å². The zero-order chi connectivity index (χ0) is 15.3. The Balaban J connectivity index is 2.21. The second-order valence-electron chi connectivity index (χ2n) is 6.23. The van der Waals surface area contributed by atoms with Crippen LogP contribution in [0.2, 0.25) is 0 Å².